The number of methoxy groups -OCH3 is 4. The number of rotatable bonds is 18. The lowest BCUT2D eigenvalue weighted by molar-refractivity contribution is -0.169. The molecule has 2 N–H and O–H groups in total. The highest BCUT2D eigenvalue weighted by Crippen LogP contribution is 2.47. The van der Waals surface area contributed by atoms with E-state index in [1.807, 2.05) is 32.0 Å². The number of fused-ring (bicyclic) bond motifs is 4. The van der Waals surface area contributed by atoms with Crippen molar-refractivity contribution in [3.05, 3.63) is 94.0 Å². The van der Waals surface area contributed by atoms with Gasteiger partial charge in [0.15, 0.2) is 0 Å². The number of nitrogens with one attached hydrogen (secondary N) is 1. The first-order valence-corrected chi connectivity index (χ1v) is 32.8. The third kappa shape index (κ3) is 18.8. The average molecular weight is 1280 g/mol. The van der Waals surface area contributed by atoms with E-state index in [1.54, 1.807) is 54.2 Å². The molecule has 21 heteroatoms. The lowest BCUT2D eigenvalue weighted by atomic mass is 9.68. The molecule has 91 heavy (non-hydrogen) atoms. The predicted octanol–water partition coefficient (Wildman–Crippen LogP) is 9.44. The molecule has 20 nitrogen and oxygen atoms in total. The van der Waals surface area contributed by atoms with E-state index in [0.29, 0.717) is 46.8 Å². The van der Waals surface area contributed by atoms with E-state index >= 15 is 0 Å². The summed E-state index contributed by atoms with van der Waals surface area (Å²) in [4.78, 5) is 90.3. The third-order valence-corrected chi connectivity index (χ3v) is 19.5. The molecule has 4 amide bonds. The van der Waals surface area contributed by atoms with Crippen LogP contribution in [-0.2, 0) is 64.7 Å². The van der Waals surface area contributed by atoms with Gasteiger partial charge in [0.1, 0.15) is 40.3 Å². The molecule has 3 fully saturated rings. The first kappa shape index (κ1) is 72.5. The Bertz CT molecular complexity index is 3380. The molecule has 4 aliphatic carbocycles. The Morgan fingerprint density at radius 1 is 0.813 bits per heavy atom. The quantitative estimate of drug-likeness (QED) is 0.0520. The summed E-state index contributed by atoms with van der Waals surface area (Å²) in [5.74, 6) is 16.5. The van der Waals surface area contributed by atoms with Crippen molar-refractivity contribution in [1.82, 2.24) is 9.79 Å². The average Bonchev–Trinajstić information content (AvgIpc) is 1.75. The summed E-state index contributed by atoms with van der Waals surface area (Å²) in [6.45, 7) is 16.1. The molecule has 1 spiro atoms. The van der Waals surface area contributed by atoms with E-state index in [1.165, 1.54) is 42.9 Å². The molecule has 1 unspecified atom stereocenters. The summed E-state index contributed by atoms with van der Waals surface area (Å²) >= 11 is 0. The second-order valence-electron chi connectivity index (χ2n) is 24.2. The fourth-order valence-corrected chi connectivity index (χ4v) is 14.4. The first-order valence-electron chi connectivity index (χ1n) is 31.1. The van der Waals surface area contributed by atoms with E-state index < -0.39 is 51.7 Å². The molecule has 12 atom stereocenters. The number of nitrogens with zero attached hydrogens (tertiary/aromatic N) is 3. The number of aliphatic hydroxyl groups excluding tert-OH is 1. The highest BCUT2D eigenvalue weighted by atomic mass is 32.2. The van der Waals surface area contributed by atoms with Crippen molar-refractivity contribution in [2.45, 2.75) is 149 Å². The number of aliphatic hydroxyl groups is 1. The minimum atomic E-state index is -3.57. The van der Waals surface area contributed by atoms with Crippen molar-refractivity contribution >= 4 is 57.6 Å². The number of amides is 4. The van der Waals surface area contributed by atoms with Gasteiger partial charge in [-0.25, -0.2) is 18.6 Å². The van der Waals surface area contributed by atoms with Gasteiger partial charge in [-0.2, -0.15) is 0 Å². The maximum Gasteiger partial charge on any atom is 0.443 e. The minimum absolute atomic E-state index is 0.0286. The largest absolute Gasteiger partial charge is 0.490 e. The zero-order valence-electron chi connectivity index (χ0n) is 54.6. The Hall–Kier alpha value is -7.58. The molecular formula is C70H90N4O16S. The number of anilines is 1. The van der Waals surface area contributed by atoms with Crippen molar-refractivity contribution < 1.29 is 76.1 Å². The molecule has 492 valence electrons. The van der Waals surface area contributed by atoms with Gasteiger partial charge < -0.3 is 48.1 Å². The van der Waals surface area contributed by atoms with Crippen LogP contribution in [0.15, 0.2) is 65.0 Å². The number of carbonyl (C=O) groups excluding carboxylic acids is 7. The van der Waals surface area contributed by atoms with Gasteiger partial charge in [-0.1, -0.05) is 65.6 Å². The molecule has 0 aromatic heterocycles. The Morgan fingerprint density at radius 2 is 1.41 bits per heavy atom. The van der Waals surface area contributed by atoms with E-state index in [2.05, 4.69) is 74.6 Å². The molecular weight excluding hydrogens is 1180 g/mol. The number of hydroxylamine groups is 2. The first-order chi connectivity index (χ1) is 43.5. The Kier molecular flexibility index (Phi) is 27.2. The van der Waals surface area contributed by atoms with E-state index in [-0.39, 0.29) is 65.5 Å². The highest BCUT2D eigenvalue weighted by Gasteiger charge is 2.45. The molecule has 3 saturated carbocycles. The van der Waals surface area contributed by atoms with E-state index in [9.17, 15) is 37.8 Å². The van der Waals surface area contributed by atoms with Gasteiger partial charge in [0.05, 0.1) is 54.4 Å². The van der Waals surface area contributed by atoms with Gasteiger partial charge in [0, 0.05) is 77.0 Å². The predicted molar refractivity (Wildman–Crippen MR) is 344 cm³/mol. The highest BCUT2D eigenvalue weighted by molar-refractivity contribution is 7.92. The van der Waals surface area contributed by atoms with Gasteiger partial charge in [-0.3, -0.25) is 19.1 Å². The van der Waals surface area contributed by atoms with Crippen molar-refractivity contribution in [2.24, 2.45) is 45.8 Å². The fraction of sp³-hybridized carbons (Fsp3) is 0.557. The van der Waals surface area contributed by atoms with Crippen LogP contribution in [-0.4, -0.2) is 141 Å². The zero-order valence-corrected chi connectivity index (χ0v) is 55.4. The van der Waals surface area contributed by atoms with Crippen LogP contribution < -0.4 is 14.4 Å². The van der Waals surface area contributed by atoms with Crippen LogP contribution >= 0.6 is 0 Å². The summed E-state index contributed by atoms with van der Waals surface area (Å²) < 4.78 is 51.1. The molecule has 6 aliphatic rings. The Balaban J connectivity index is 0.000000215. The third-order valence-electron chi connectivity index (χ3n) is 17.5. The second kappa shape index (κ2) is 34.2. The smallest absolute Gasteiger partial charge is 0.443 e. The van der Waals surface area contributed by atoms with Crippen molar-refractivity contribution in [3.8, 4) is 41.3 Å². The maximum absolute atomic E-state index is 12.9. The summed E-state index contributed by atoms with van der Waals surface area (Å²) in [6.07, 6.45) is 8.95. The van der Waals surface area contributed by atoms with Crippen LogP contribution in [0.1, 0.15) is 154 Å². The molecule has 3 aromatic carbocycles. The van der Waals surface area contributed by atoms with Crippen molar-refractivity contribution in [1.29, 1.82) is 0 Å². The minimum Gasteiger partial charge on any atom is -0.490 e. The Labute approximate surface area is 537 Å². The monoisotopic (exact) mass is 1270 g/mol. The summed E-state index contributed by atoms with van der Waals surface area (Å²) in [7, 11) is 2.94. The van der Waals surface area contributed by atoms with Gasteiger partial charge in [0.25, 0.3) is 11.8 Å². The second-order valence-corrected chi connectivity index (χ2v) is 26.2. The van der Waals surface area contributed by atoms with Crippen molar-refractivity contribution in [3.63, 3.8) is 0 Å². The van der Waals surface area contributed by atoms with E-state index in [4.69, 9.17) is 38.4 Å². The molecule has 2 aliphatic heterocycles. The lowest BCUT2D eigenvalue weighted by Gasteiger charge is -2.45. The number of carbonyl (C=O) groups is 7. The molecule has 2 heterocycles. The molecule has 0 bridgehead atoms. The number of benzene rings is 3. The van der Waals surface area contributed by atoms with Gasteiger partial charge in [-0.15, -0.1) is 22.1 Å². The number of hydrogen-bond donors (Lipinski definition) is 2. The number of ether oxygens (including phenoxy) is 6. The number of aryl methyl sites for hydroxylation is 2. The summed E-state index contributed by atoms with van der Waals surface area (Å²) in [5, 5.41) is 9.34. The number of imide groups is 1. The number of aldehydes is 1. The van der Waals surface area contributed by atoms with Crippen LogP contribution in [0, 0.1) is 83.9 Å². The molecule has 0 radical (unpaired) electrons. The van der Waals surface area contributed by atoms with Crippen LogP contribution in [0.5, 0.6) is 5.75 Å². The topological polar surface area (TPSA) is 252 Å². The van der Waals surface area contributed by atoms with Crippen LogP contribution in [0.3, 0.4) is 0 Å². The number of hydrogen-bond acceptors (Lipinski definition) is 17. The maximum atomic E-state index is 12.9. The number of esters is 1. The molecule has 0 saturated heterocycles. The van der Waals surface area contributed by atoms with Gasteiger partial charge in [0.2, 0.25) is 5.91 Å². The summed E-state index contributed by atoms with van der Waals surface area (Å²) in [5.41, 5.74) is 5.85. The van der Waals surface area contributed by atoms with E-state index in [0.717, 1.165) is 95.5 Å². The molecule has 3 aromatic rings. The standard InChI is InChI=1S/C31H37NO4.C19H23N3O8S.C10H16O2.C10H14O2/c1-5-7-28(34-3)25-12-10-24(25)18-32-19-31(15-6-8-22-16-21(2)9-13-26(22)31)20-36-29-14-11-23(17-27(29)32)30(33)35-4;1-11(2)29-19(27)21-31(28,20-13(4)23)10-12(3)9-16(24)30-22-17(25)14-7-5-6-8-15(14)18(22)26;2*1-3-4-10(12-2)9-6-5-8(9)7-11/h9,11,13-14,16-17,24-25,28H,6,8,10,12,15,18-20H2,1-4H3;5-8,11-12H,9-10H2,1-4H3,(H,20,21,23,27,28);8-11H,5-7H2,1-2H3;7-10H,5-6H2,1-2H3/t24-,25+,28-,31-;12-,31?;2*8-,9+,10-/m0000/s1. The molecule has 9 rings (SSSR count). The van der Waals surface area contributed by atoms with Gasteiger partial charge >= 0.3 is 18.0 Å². The van der Waals surface area contributed by atoms with Crippen molar-refractivity contribution in [2.75, 3.05) is 65.4 Å². The van der Waals surface area contributed by atoms with Gasteiger partial charge in [-0.05, 0) is 159 Å². The summed E-state index contributed by atoms with van der Waals surface area (Å²) in [6, 6.07) is 18.6. The Morgan fingerprint density at radius 3 is 1.91 bits per heavy atom. The zero-order chi connectivity index (χ0) is 66.6. The van der Waals surface area contributed by atoms with Crippen LogP contribution in [0.25, 0.3) is 0 Å². The fourth-order valence-electron chi connectivity index (χ4n) is 12.6. The van der Waals surface area contributed by atoms with Crippen LogP contribution in [0.4, 0.5) is 10.5 Å². The lowest BCUT2D eigenvalue weighted by Crippen LogP contribution is -2.49. The normalized spacial score (nSPS) is 23.2. The van der Waals surface area contributed by atoms with Crippen LogP contribution in [0.2, 0.25) is 0 Å². The SMILES string of the molecule is CC#C[C@H](OC)[C@@H]1CC[C@H]1C=O.CC#C[C@H](OC)[C@@H]1CC[C@H]1CN1C[C@@]2(CCCc3cc(C)ccc32)COc2ccc(C(=O)OC)cc21.CC#C[C@H](OC)[C@@H]1CC[C@H]1CO.CC(=O)NS(=O)(C[C@@H](C)CC(=O)ON1C(=O)c2ccccc2C1=O)=NC(=O)OC(C)C.